The molecule has 0 unspecified atom stereocenters. The molecule has 0 fully saturated rings. The number of aliphatic hydroxyl groups excluding tert-OH is 1. The zero-order valence-corrected chi connectivity index (χ0v) is 21.5. The van der Waals surface area contributed by atoms with E-state index in [1.165, 1.54) is 0 Å². The minimum atomic E-state index is -0.640. The number of hydrogen-bond acceptors (Lipinski definition) is 5. The molecule has 7 heteroatoms. The van der Waals surface area contributed by atoms with Crippen molar-refractivity contribution >= 4 is 17.8 Å². The summed E-state index contributed by atoms with van der Waals surface area (Å²) in [6.45, 7) is 1.65. The topological polar surface area (TPSA) is 105 Å². The van der Waals surface area contributed by atoms with Crippen molar-refractivity contribution in [1.82, 2.24) is 10.6 Å². The Morgan fingerprint density at radius 1 is 1.05 bits per heavy atom. The highest BCUT2D eigenvalue weighted by atomic mass is 16.5. The van der Waals surface area contributed by atoms with Crippen LogP contribution in [0.4, 0.5) is 0 Å². The van der Waals surface area contributed by atoms with Gasteiger partial charge in [-0.05, 0) is 50.2 Å². The number of esters is 1. The molecular formula is C30H38N2O5. The first kappa shape index (κ1) is 28.1. The Morgan fingerprint density at radius 3 is 2.46 bits per heavy atom. The molecule has 2 amide bonds. The van der Waals surface area contributed by atoms with Crippen LogP contribution in [0.2, 0.25) is 0 Å². The molecule has 2 aromatic rings. The van der Waals surface area contributed by atoms with Gasteiger partial charge in [0.25, 0.3) is 0 Å². The van der Waals surface area contributed by atoms with Crippen molar-refractivity contribution < 1.29 is 24.2 Å². The van der Waals surface area contributed by atoms with Crippen LogP contribution in [0.5, 0.6) is 0 Å². The summed E-state index contributed by atoms with van der Waals surface area (Å²) in [5.41, 5.74) is 1.88. The third kappa shape index (κ3) is 9.50. The second kappa shape index (κ2) is 15.0. The van der Waals surface area contributed by atoms with E-state index in [4.69, 9.17) is 4.74 Å². The molecule has 7 nitrogen and oxygen atoms in total. The quantitative estimate of drug-likeness (QED) is 0.391. The van der Waals surface area contributed by atoms with Gasteiger partial charge in [0.2, 0.25) is 11.8 Å². The summed E-state index contributed by atoms with van der Waals surface area (Å²) in [4.78, 5) is 38.9. The third-order valence-electron chi connectivity index (χ3n) is 6.54. The Morgan fingerprint density at radius 2 is 1.76 bits per heavy atom. The Kier molecular flexibility index (Phi) is 11.4. The number of cyclic esters (lactones) is 1. The second-order valence-electron chi connectivity index (χ2n) is 9.66. The first-order valence-corrected chi connectivity index (χ1v) is 13.1. The second-order valence-corrected chi connectivity index (χ2v) is 9.66. The Hall–Kier alpha value is -3.45. The highest BCUT2D eigenvalue weighted by Gasteiger charge is 2.27. The molecule has 0 radical (unpaired) electrons. The van der Waals surface area contributed by atoms with Crippen LogP contribution in [-0.2, 0) is 25.5 Å². The monoisotopic (exact) mass is 506 g/mol. The van der Waals surface area contributed by atoms with Gasteiger partial charge >= 0.3 is 5.97 Å². The standard InChI is InChI=1S/C30H38N2O5/c1-22(21-33)32-28(34)19-25-16-8-2-3-9-17-26(18-23-12-6-4-7-13-23)30(36)37-27(20-31-29(25)35)24-14-10-5-11-15-24/h2,4-8,10-15,22,25-27,33H,3,9,16-21H2,1H3,(H,31,35)(H,32,34)/t22-,25-,26-,27-/m1/s1. The number of amides is 2. The lowest BCUT2D eigenvalue weighted by atomic mass is 9.93. The van der Waals surface area contributed by atoms with Crippen molar-refractivity contribution in [3.63, 3.8) is 0 Å². The van der Waals surface area contributed by atoms with E-state index < -0.39 is 12.0 Å². The summed E-state index contributed by atoms with van der Waals surface area (Å²) in [6.07, 6.45) is 6.62. The molecule has 0 aliphatic carbocycles. The minimum Gasteiger partial charge on any atom is -0.455 e. The normalized spacial score (nSPS) is 22.3. The molecule has 1 heterocycles. The van der Waals surface area contributed by atoms with Crippen LogP contribution in [0.15, 0.2) is 72.8 Å². The van der Waals surface area contributed by atoms with Crippen LogP contribution in [0.25, 0.3) is 0 Å². The number of benzene rings is 2. The smallest absolute Gasteiger partial charge is 0.309 e. The van der Waals surface area contributed by atoms with Crippen LogP contribution in [-0.4, -0.2) is 42.1 Å². The molecule has 4 atom stereocenters. The summed E-state index contributed by atoms with van der Waals surface area (Å²) in [6, 6.07) is 18.9. The Balaban J connectivity index is 1.78. The van der Waals surface area contributed by atoms with Crippen molar-refractivity contribution in [2.24, 2.45) is 11.8 Å². The SMILES string of the molecule is C[C@H](CO)NC(=O)C[C@H]1CC=CCCC[C@H](Cc2ccccc2)C(=O)O[C@@H](c2ccccc2)CNC1=O. The van der Waals surface area contributed by atoms with Crippen molar-refractivity contribution in [3.8, 4) is 0 Å². The molecule has 0 spiro atoms. The fourth-order valence-corrected chi connectivity index (χ4v) is 4.42. The van der Waals surface area contributed by atoms with E-state index >= 15 is 0 Å². The lowest BCUT2D eigenvalue weighted by Gasteiger charge is -2.24. The van der Waals surface area contributed by atoms with Gasteiger partial charge in [0.15, 0.2) is 0 Å². The van der Waals surface area contributed by atoms with E-state index in [9.17, 15) is 19.5 Å². The summed E-state index contributed by atoms with van der Waals surface area (Å²) >= 11 is 0. The molecule has 37 heavy (non-hydrogen) atoms. The van der Waals surface area contributed by atoms with Gasteiger partial charge in [-0.2, -0.15) is 0 Å². The zero-order valence-electron chi connectivity index (χ0n) is 21.5. The van der Waals surface area contributed by atoms with Gasteiger partial charge in [-0.3, -0.25) is 14.4 Å². The van der Waals surface area contributed by atoms with Gasteiger partial charge in [-0.15, -0.1) is 0 Å². The first-order chi connectivity index (χ1) is 18.0. The summed E-state index contributed by atoms with van der Waals surface area (Å²) in [7, 11) is 0. The Labute approximate surface area is 219 Å². The van der Waals surface area contributed by atoms with Crippen molar-refractivity contribution in [1.29, 1.82) is 0 Å². The van der Waals surface area contributed by atoms with Gasteiger partial charge in [0.1, 0.15) is 6.10 Å². The third-order valence-corrected chi connectivity index (χ3v) is 6.54. The van der Waals surface area contributed by atoms with E-state index in [1.54, 1.807) is 6.92 Å². The minimum absolute atomic E-state index is 0.00938. The average Bonchev–Trinajstić information content (AvgIpc) is 2.91. The van der Waals surface area contributed by atoms with E-state index in [0.717, 1.165) is 24.0 Å². The molecule has 1 aliphatic rings. The van der Waals surface area contributed by atoms with Crippen LogP contribution in [0, 0.1) is 11.8 Å². The number of hydrogen-bond donors (Lipinski definition) is 3. The molecule has 0 aromatic heterocycles. The van der Waals surface area contributed by atoms with Gasteiger partial charge in [0.05, 0.1) is 25.0 Å². The highest BCUT2D eigenvalue weighted by molar-refractivity contribution is 5.86. The predicted octanol–water partition coefficient (Wildman–Crippen LogP) is 3.88. The van der Waals surface area contributed by atoms with E-state index in [-0.39, 0.29) is 49.3 Å². The average molecular weight is 507 g/mol. The lowest BCUT2D eigenvalue weighted by Crippen LogP contribution is -2.40. The van der Waals surface area contributed by atoms with Crippen LogP contribution < -0.4 is 10.6 Å². The number of aliphatic hydroxyl groups is 1. The predicted molar refractivity (Wildman–Crippen MR) is 142 cm³/mol. The summed E-state index contributed by atoms with van der Waals surface area (Å²) < 4.78 is 6.02. The highest BCUT2D eigenvalue weighted by Crippen LogP contribution is 2.24. The maximum atomic E-state index is 13.4. The molecule has 2 aromatic carbocycles. The summed E-state index contributed by atoms with van der Waals surface area (Å²) in [5.74, 6) is -1.69. The van der Waals surface area contributed by atoms with Gasteiger partial charge in [0, 0.05) is 12.5 Å². The van der Waals surface area contributed by atoms with Crippen LogP contribution >= 0.6 is 0 Å². The maximum absolute atomic E-state index is 13.4. The zero-order chi connectivity index (χ0) is 26.5. The fraction of sp³-hybridized carbons (Fsp3) is 0.433. The van der Waals surface area contributed by atoms with Crippen molar-refractivity contribution in [2.45, 2.75) is 57.6 Å². The number of allylic oxidation sites excluding steroid dienone is 2. The first-order valence-electron chi connectivity index (χ1n) is 13.1. The van der Waals surface area contributed by atoms with Crippen molar-refractivity contribution in [2.75, 3.05) is 13.2 Å². The largest absolute Gasteiger partial charge is 0.455 e. The van der Waals surface area contributed by atoms with Crippen LogP contribution in [0.1, 0.15) is 56.3 Å². The molecule has 3 N–H and O–H groups in total. The molecule has 1 aliphatic heterocycles. The van der Waals surface area contributed by atoms with E-state index in [1.807, 2.05) is 72.8 Å². The lowest BCUT2D eigenvalue weighted by molar-refractivity contribution is -0.155. The molecule has 0 saturated heterocycles. The molecule has 198 valence electrons. The van der Waals surface area contributed by atoms with E-state index in [0.29, 0.717) is 19.3 Å². The number of carbonyl (C=O) groups excluding carboxylic acids is 3. The molecule has 3 rings (SSSR count). The summed E-state index contributed by atoms with van der Waals surface area (Å²) in [5, 5.41) is 14.8. The van der Waals surface area contributed by atoms with Gasteiger partial charge < -0.3 is 20.5 Å². The fourth-order valence-electron chi connectivity index (χ4n) is 4.42. The maximum Gasteiger partial charge on any atom is 0.309 e. The van der Waals surface area contributed by atoms with Gasteiger partial charge in [-0.1, -0.05) is 72.8 Å². The number of rotatable bonds is 7. The van der Waals surface area contributed by atoms with E-state index in [2.05, 4.69) is 10.6 Å². The number of carbonyl (C=O) groups is 3. The molecular weight excluding hydrogens is 468 g/mol. The van der Waals surface area contributed by atoms with Crippen molar-refractivity contribution in [3.05, 3.63) is 83.9 Å². The Bertz CT molecular complexity index is 1020. The number of ether oxygens (including phenoxy) is 1. The number of nitrogens with one attached hydrogen (secondary N) is 2. The molecule has 0 saturated carbocycles. The van der Waals surface area contributed by atoms with Gasteiger partial charge in [-0.25, -0.2) is 0 Å². The van der Waals surface area contributed by atoms with Crippen LogP contribution in [0.3, 0.4) is 0 Å². The molecule has 0 bridgehead atoms.